The Hall–Kier alpha value is -1.69. The molecule has 0 heterocycles. The molecule has 1 aliphatic rings. The van der Waals surface area contributed by atoms with Crippen molar-refractivity contribution in [2.45, 2.75) is 30.6 Å². The van der Waals surface area contributed by atoms with Crippen LogP contribution in [0, 0.1) is 16.0 Å². The van der Waals surface area contributed by atoms with Crippen LogP contribution in [-0.2, 0) is 16.0 Å². The first-order chi connectivity index (χ1) is 9.52. The van der Waals surface area contributed by atoms with E-state index in [1.807, 2.05) is 6.26 Å². The summed E-state index contributed by atoms with van der Waals surface area (Å²) in [6.07, 6.45) is 3.37. The van der Waals surface area contributed by atoms with Gasteiger partial charge in [0.05, 0.1) is 10.8 Å². The summed E-state index contributed by atoms with van der Waals surface area (Å²) in [5, 5.41) is 11.1. The number of ketones is 2. The van der Waals surface area contributed by atoms with Gasteiger partial charge in [-0.2, -0.15) is 0 Å². The van der Waals surface area contributed by atoms with E-state index in [1.165, 1.54) is 17.8 Å². The average molecular weight is 293 g/mol. The molecule has 0 aromatic heterocycles. The van der Waals surface area contributed by atoms with Gasteiger partial charge in [0, 0.05) is 29.4 Å². The average Bonchev–Trinajstić information content (AvgIpc) is 2.43. The minimum absolute atomic E-state index is 0.0111. The number of nitro benzene ring substituents is 1. The van der Waals surface area contributed by atoms with E-state index in [9.17, 15) is 19.7 Å². The van der Waals surface area contributed by atoms with Gasteiger partial charge in [-0.1, -0.05) is 6.07 Å². The van der Waals surface area contributed by atoms with Gasteiger partial charge in [-0.15, -0.1) is 11.8 Å². The highest BCUT2D eigenvalue weighted by atomic mass is 32.2. The number of nitrogens with zero attached hydrogens (tertiary/aromatic N) is 1. The summed E-state index contributed by atoms with van der Waals surface area (Å²) < 4.78 is 0. The molecular formula is C14H15NO4S. The van der Waals surface area contributed by atoms with Crippen molar-refractivity contribution >= 4 is 29.0 Å². The van der Waals surface area contributed by atoms with Gasteiger partial charge in [-0.25, -0.2) is 0 Å². The van der Waals surface area contributed by atoms with Crippen molar-refractivity contribution < 1.29 is 14.5 Å². The first-order valence-electron chi connectivity index (χ1n) is 6.39. The Morgan fingerprint density at radius 1 is 1.30 bits per heavy atom. The van der Waals surface area contributed by atoms with Crippen molar-refractivity contribution in [3.63, 3.8) is 0 Å². The van der Waals surface area contributed by atoms with E-state index in [4.69, 9.17) is 0 Å². The Morgan fingerprint density at radius 2 is 1.95 bits per heavy atom. The topological polar surface area (TPSA) is 77.3 Å². The van der Waals surface area contributed by atoms with Gasteiger partial charge in [-0.3, -0.25) is 19.7 Å². The predicted octanol–water partition coefficient (Wildman–Crippen LogP) is 2.80. The number of carbonyl (C=O) groups excluding carboxylic acids is 2. The Kier molecular flexibility index (Phi) is 4.54. The molecule has 1 aromatic rings. The molecule has 0 bridgehead atoms. The molecule has 0 N–H and O–H groups in total. The maximum Gasteiger partial charge on any atom is 0.273 e. The molecule has 20 heavy (non-hydrogen) atoms. The first-order valence-corrected chi connectivity index (χ1v) is 7.62. The molecule has 0 saturated heterocycles. The van der Waals surface area contributed by atoms with Crippen LogP contribution in [0.15, 0.2) is 23.1 Å². The van der Waals surface area contributed by atoms with Crippen molar-refractivity contribution in [1.29, 1.82) is 0 Å². The fourth-order valence-corrected chi connectivity index (χ4v) is 2.86. The number of hydrogen-bond acceptors (Lipinski definition) is 5. The highest BCUT2D eigenvalue weighted by Crippen LogP contribution is 2.29. The van der Waals surface area contributed by atoms with E-state index in [2.05, 4.69) is 0 Å². The lowest BCUT2D eigenvalue weighted by Gasteiger charge is -2.19. The van der Waals surface area contributed by atoms with Crippen molar-refractivity contribution in [2.24, 2.45) is 5.92 Å². The van der Waals surface area contributed by atoms with Crippen LogP contribution < -0.4 is 0 Å². The molecule has 0 amide bonds. The van der Waals surface area contributed by atoms with Crippen molar-refractivity contribution in [2.75, 3.05) is 6.26 Å². The lowest BCUT2D eigenvalue weighted by molar-refractivity contribution is -0.385. The maximum atomic E-state index is 11.8. The number of nitro groups is 1. The summed E-state index contributed by atoms with van der Waals surface area (Å²) in [5.74, 6) is -0.892. The molecule has 106 valence electrons. The second-order valence-electron chi connectivity index (χ2n) is 4.79. The van der Waals surface area contributed by atoms with Crippen LogP contribution in [-0.4, -0.2) is 22.7 Å². The van der Waals surface area contributed by atoms with Gasteiger partial charge in [-0.05, 0) is 25.2 Å². The molecule has 6 heteroatoms. The van der Waals surface area contributed by atoms with Crippen molar-refractivity contribution in [3.8, 4) is 0 Å². The van der Waals surface area contributed by atoms with Crippen LogP contribution in [0.3, 0.4) is 0 Å². The van der Waals surface area contributed by atoms with E-state index in [0.717, 1.165) is 4.90 Å². The van der Waals surface area contributed by atoms with Crippen molar-refractivity contribution in [3.05, 3.63) is 33.9 Å². The van der Waals surface area contributed by atoms with Gasteiger partial charge in [0.25, 0.3) is 5.69 Å². The van der Waals surface area contributed by atoms with Crippen LogP contribution in [0.1, 0.15) is 24.8 Å². The molecule has 1 aromatic carbocycles. The van der Waals surface area contributed by atoms with Gasteiger partial charge in [0.15, 0.2) is 0 Å². The van der Waals surface area contributed by atoms with E-state index in [-0.39, 0.29) is 23.7 Å². The van der Waals surface area contributed by atoms with Crippen molar-refractivity contribution in [1.82, 2.24) is 0 Å². The normalized spacial score (nSPS) is 16.4. The molecule has 0 aliphatic heterocycles. The fraction of sp³-hybridized carbons (Fsp3) is 0.429. The quantitative estimate of drug-likeness (QED) is 0.369. The second-order valence-corrected chi connectivity index (χ2v) is 5.67. The zero-order valence-electron chi connectivity index (χ0n) is 11.1. The van der Waals surface area contributed by atoms with E-state index in [1.54, 1.807) is 12.1 Å². The molecule has 0 unspecified atom stereocenters. The minimum Gasteiger partial charge on any atom is -0.299 e. The lowest BCUT2D eigenvalue weighted by Crippen LogP contribution is -2.30. The zero-order valence-corrected chi connectivity index (χ0v) is 11.9. The van der Waals surface area contributed by atoms with Crippen LogP contribution in [0.25, 0.3) is 0 Å². The molecular weight excluding hydrogens is 278 g/mol. The van der Waals surface area contributed by atoms with Crippen LogP contribution in [0.4, 0.5) is 5.69 Å². The third kappa shape index (κ3) is 3.07. The van der Waals surface area contributed by atoms with E-state index >= 15 is 0 Å². The second kappa shape index (κ2) is 6.17. The minimum atomic E-state index is -0.706. The third-order valence-corrected chi connectivity index (χ3v) is 4.26. The number of carbonyl (C=O) groups is 2. The summed E-state index contributed by atoms with van der Waals surface area (Å²) in [6.45, 7) is 0. The van der Waals surface area contributed by atoms with E-state index in [0.29, 0.717) is 24.8 Å². The summed E-state index contributed by atoms with van der Waals surface area (Å²) in [7, 11) is 0. The lowest BCUT2D eigenvalue weighted by atomic mass is 9.82. The summed E-state index contributed by atoms with van der Waals surface area (Å²) in [6, 6.07) is 4.93. The Balaban J connectivity index is 2.30. The number of rotatable bonds is 4. The molecule has 0 atom stereocenters. The van der Waals surface area contributed by atoms with E-state index < -0.39 is 10.8 Å². The third-order valence-electron chi connectivity index (χ3n) is 3.54. The molecule has 2 rings (SSSR count). The van der Waals surface area contributed by atoms with Crippen LogP contribution >= 0.6 is 11.8 Å². The molecule has 0 spiro atoms. The molecule has 5 nitrogen and oxygen atoms in total. The summed E-state index contributed by atoms with van der Waals surface area (Å²) >= 11 is 1.42. The summed E-state index contributed by atoms with van der Waals surface area (Å²) in [5.41, 5.74) is 0.449. The number of Topliss-reactive ketones (excluding diaryl/α,β-unsaturated/α-hetero) is 2. The number of thioether (sulfide) groups is 1. The predicted molar refractivity (Wildman–Crippen MR) is 75.9 cm³/mol. The molecule has 1 aliphatic carbocycles. The maximum absolute atomic E-state index is 11.8. The zero-order chi connectivity index (χ0) is 14.7. The number of benzene rings is 1. The van der Waals surface area contributed by atoms with Crippen LogP contribution in [0.5, 0.6) is 0 Å². The highest BCUT2D eigenvalue weighted by molar-refractivity contribution is 7.98. The van der Waals surface area contributed by atoms with Gasteiger partial charge >= 0.3 is 0 Å². The summed E-state index contributed by atoms with van der Waals surface area (Å²) in [4.78, 5) is 35.1. The Morgan fingerprint density at radius 3 is 2.50 bits per heavy atom. The molecule has 1 fully saturated rings. The monoisotopic (exact) mass is 293 g/mol. The Bertz CT molecular complexity index is 554. The Labute approximate surface area is 120 Å². The number of hydrogen-bond donors (Lipinski definition) is 0. The molecule has 0 radical (unpaired) electrons. The highest BCUT2D eigenvalue weighted by Gasteiger charge is 2.31. The van der Waals surface area contributed by atoms with Gasteiger partial charge in [0.1, 0.15) is 11.6 Å². The van der Waals surface area contributed by atoms with Crippen LogP contribution in [0.2, 0.25) is 0 Å². The molecule has 1 saturated carbocycles. The van der Waals surface area contributed by atoms with Gasteiger partial charge in [0.2, 0.25) is 0 Å². The standard InChI is InChI=1S/C14H15NO4S/c1-20-10-6-5-9(12(8-10)15(18)19)7-11-13(16)3-2-4-14(11)17/h5-6,8,11H,2-4,7H2,1H3. The van der Waals surface area contributed by atoms with Gasteiger partial charge < -0.3 is 0 Å². The SMILES string of the molecule is CSc1ccc(CC2C(=O)CCCC2=O)c([N+](=O)[O-])c1. The fourth-order valence-electron chi connectivity index (χ4n) is 2.43. The smallest absolute Gasteiger partial charge is 0.273 e. The largest absolute Gasteiger partial charge is 0.299 e. The first kappa shape index (κ1) is 14.7.